The Kier molecular flexibility index (Phi) is 3.93. The molecule has 2 aromatic carbocycles. The second kappa shape index (κ2) is 6.02. The van der Waals surface area contributed by atoms with Crippen molar-refractivity contribution in [2.75, 3.05) is 6.54 Å². The Morgan fingerprint density at radius 1 is 1.14 bits per heavy atom. The maximum absolute atomic E-state index is 12.1. The SMILES string of the molecule is O=C(/C=C1\NC[C@@H](c2ccccc2)O1)c1ccc(Cl)cc1. The van der Waals surface area contributed by atoms with E-state index in [2.05, 4.69) is 5.32 Å². The molecule has 3 rings (SSSR count). The van der Waals surface area contributed by atoms with Crippen LogP contribution in [0.5, 0.6) is 0 Å². The largest absolute Gasteiger partial charge is 0.469 e. The molecule has 2 aromatic rings. The highest BCUT2D eigenvalue weighted by Gasteiger charge is 2.22. The zero-order chi connectivity index (χ0) is 14.7. The Morgan fingerprint density at radius 2 is 1.86 bits per heavy atom. The smallest absolute Gasteiger partial charge is 0.191 e. The van der Waals surface area contributed by atoms with Gasteiger partial charge in [-0.1, -0.05) is 41.9 Å². The summed E-state index contributed by atoms with van der Waals surface area (Å²) in [5.41, 5.74) is 1.67. The molecule has 0 radical (unpaired) electrons. The van der Waals surface area contributed by atoms with E-state index in [1.807, 2.05) is 30.3 Å². The summed E-state index contributed by atoms with van der Waals surface area (Å²) in [7, 11) is 0. The lowest BCUT2D eigenvalue weighted by molar-refractivity contribution is 0.103. The minimum atomic E-state index is -0.108. The number of hydrogen-bond acceptors (Lipinski definition) is 3. The van der Waals surface area contributed by atoms with Crippen LogP contribution in [-0.4, -0.2) is 12.3 Å². The third kappa shape index (κ3) is 3.26. The molecule has 0 aliphatic carbocycles. The molecule has 1 heterocycles. The fraction of sp³-hybridized carbons (Fsp3) is 0.118. The topological polar surface area (TPSA) is 38.3 Å². The van der Waals surface area contributed by atoms with Crippen molar-refractivity contribution in [3.8, 4) is 0 Å². The van der Waals surface area contributed by atoms with E-state index in [4.69, 9.17) is 16.3 Å². The first-order chi connectivity index (χ1) is 10.2. The number of nitrogens with one attached hydrogen (secondary N) is 1. The number of benzene rings is 2. The fourth-order valence-electron chi connectivity index (χ4n) is 2.19. The molecule has 0 amide bonds. The highest BCUT2D eigenvalue weighted by atomic mass is 35.5. The van der Waals surface area contributed by atoms with Gasteiger partial charge in [0, 0.05) is 16.7 Å². The Hall–Kier alpha value is -2.26. The Morgan fingerprint density at radius 3 is 2.57 bits per heavy atom. The average Bonchev–Trinajstić information content (AvgIpc) is 2.97. The summed E-state index contributed by atoms with van der Waals surface area (Å²) in [4.78, 5) is 12.1. The summed E-state index contributed by atoms with van der Waals surface area (Å²) in [6.45, 7) is 0.656. The van der Waals surface area contributed by atoms with Gasteiger partial charge in [-0.05, 0) is 29.8 Å². The third-order valence-electron chi connectivity index (χ3n) is 3.29. The van der Waals surface area contributed by atoms with Gasteiger partial charge in [0.05, 0.1) is 6.54 Å². The molecule has 0 unspecified atom stereocenters. The van der Waals surface area contributed by atoms with Crippen LogP contribution in [-0.2, 0) is 4.74 Å². The number of ketones is 1. The molecule has 0 spiro atoms. The number of halogens is 1. The van der Waals surface area contributed by atoms with E-state index in [-0.39, 0.29) is 11.9 Å². The number of ether oxygens (including phenoxy) is 1. The van der Waals surface area contributed by atoms with Crippen LogP contribution in [0.2, 0.25) is 5.02 Å². The number of carbonyl (C=O) groups is 1. The fourth-order valence-corrected chi connectivity index (χ4v) is 2.31. The maximum Gasteiger partial charge on any atom is 0.191 e. The van der Waals surface area contributed by atoms with Crippen LogP contribution in [0.4, 0.5) is 0 Å². The molecular weight excluding hydrogens is 286 g/mol. The van der Waals surface area contributed by atoms with E-state index in [1.165, 1.54) is 6.08 Å². The second-order valence-corrected chi connectivity index (χ2v) is 5.21. The van der Waals surface area contributed by atoms with Gasteiger partial charge >= 0.3 is 0 Å². The second-order valence-electron chi connectivity index (χ2n) is 4.78. The first-order valence-corrected chi connectivity index (χ1v) is 7.07. The van der Waals surface area contributed by atoms with Gasteiger partial charge in [0.2, 0.25) is 0 Å². The Labute approximate surface area is 128 Å². The zero-order valence-corrected chi connectivity index (χ0v) is 12.0. The van der Waals surface area contributed by atoms with E-state index in [1.54, 1.807) is 24.3 Å². The highest BCUT2D eigenvalue weighted by molar-refractivity contribution is 6.30. The lowest BCUT2D eigenvalue weighted by Gasteiger charge is -2.08. The van der Waals surface area contributed by atoms with E-state index in [0.717, 1.165) is 5.56 Å². The van der Waals surface area contributed by atoms with Gasteiger partial charge in [-0.3, -0.25) is 4.79 Å². The Balaban J connectivity index is 1.71. The van der Waals surface area contributed by atoms with Gasteiger partial charge in [-0.15, -0.1) is 0 Å². The summed E-state index contributed by atoms with van der Waals surface area (Å²) >= 11 is 5.81. The molecule has 0 bridgehead atoms. The third-order valence-corrected chi connectivity index (χ3v) is 3.55. The molecule has 1 atom stereocenters. The van der Waals surface area contributed by atoms with Gasteiger partial charge in [-0.2, -0.15) is 0 Å². The molecule has 1 saturated heterocycles. The van der Waals surface area contributed by atoms with Crippen LogP contribution in [0.1, 0.15) is 22.0 Å². The lowest BCUT2D eigenvalue weighted by atomic mass is 10.1. The number of hydrogen-bond donors (Lipinski definition) is 1. The van der Waals surface area contributed by atoms with E-state index < -0.39 is 0 Å². The van der Waals surface area contributed by atoms with Gasteiger partial charge in [0.25, 0.3) is 0 Å². The monoisotopic (exact) mass is 299 g/mol. The van der Waals surface area contributed by atoms with Crippen LogP contribution in [0, 0.1) is 0 Å². The molecule has 21 heavy (non-hydrogen) atoms. The predicted molar refractivity (Wildman–Crippen MR) is 82.1 cm³/mol. The minimum absolute atomic E-state index is 0.0598. The van der Waals surface area contributed by atoms with Gasteiger partial charge in [0.1, 0.15) is 6.10 Å². The van der Waals surface area contributed by atoms with Crippen molar-refractivity contribution in [3.63, 3.8) is 0 Å². The highest BCUT2D eigenvalue weighted by Crippen LogP contribution is 2.24. The van der Waals surface area contributed by atoms with Crippen molar-refractivity contribution in [1.29, 1.82) is 0 Å². The van der Waals surface area contributed by atoms with Crippen LogP contribution >= 0.6 is 11.6 Å². The van der Waals surface area contributed by atoms with Crippen LogP contribution < -0.4 is 5.32 Å². The van der Waals surface area contributed by atoms with E-state index in [9.17, 15) is 4.79 Å². The van der Waals surface area contributed by atoms with Crippen LogP contribution in [0.3, 0.4) is 0 Å². The molecule has 1 fully saturated rings. The summed E-state index contributed by atoms with van der Waals surface area (Å²) in [6, 6.07) is 16.7. The molecule has 1 aliphatic heterocycles. The molecule has 4 heteroatoms. The van der Waals surface area contributed by atoms with E-state index in [0.29, 0.717) is 23.0 Å². The van der Waals surface area contributed by atoms with Crippen molar-refractivity contribution in [1.82, 2.24) is 5.32 Å². The van der Waals surface area contributed by atoms with Crippen molar-refractivity contribution >= 4 is 17.4 Å². The number of rotatable bonds is 3. The molecule has 1 aliphatic rings. The van der Waals surface area contributed by atoms with Crippen LogP contribution in [0.25, 0.3) is 0 Å². The standard InChI is InChI=1S/C17H14ClNO2/c18-14-8-6-12(7-9-14)15(20)10-17-19-11-16(21-17)13-4-2-1-3-5-13/h1-10,16,19H,11H2/b17-10+/t16-/m0/s1. The number of carbonyl (C=O) groups excluding carboxylic acids is 1. The zero-order valence-electron chi connectivity index (χ0n) is 11.3. The molecular formula is C17H14ClNO2. The van der Waals surface area contributed by atoms with Crippen molar-refractivity contribution in [2.24, 2.45) is 0 Å². The van der Waals surface area contributed by atoms with E-state index >= 15 is 0 Å². The lowest BCUT2D eigenvalue weighted by Crippen LogP contribution is -2.08. The quantitative estimate of drug-likeness (QED) is 0.693. The molecule has 0 saturated carbocycles. The van der Waals surface area contributed by atoms with Crippen molar-refractivity contribution < 1.29 is 9.53 Å². The molecule has 3 nitrogen and oxygen atoms in total. The van der Waals surface area contributed by atoms with Gasteiger partial charge < -0.3 is 10.1 Å². The summed E-state index contributed by atoms with van der Waals surface area (Å²) in [5, 5.41) is 3.72. The van der Waals surface area contributed by atoms with Gasteiger partial charge in [-0.25, -0.2) is 0 Å². The predicted octanol–water partition coefficient (Wildman–Crippen LogP) is 3.73. The number of allylic oxidation sites excluding steroid dienone is 1. The average molecular weight is 300 g/mol. The first kappa shape index (κ1) is 13.7. The van der Waals surface area contributed by atoms with Gasteiger partial charge in [0.15, 0.2) is 11.7 Å². The summed E-state index contributed by atoms with van der Waals surface area (Å²) in [6.07, 6.45) is 1.42. The van der Waals surface area contributed by atoms with Crippen molar-refractivity contribution in [3.05, 3.63) is 82.7 Å². The molecule has 0 aromatic heterocycles. The molecule has 106 valence electrons. The first-order valence-electron chi connectivity index (χ1n) is 6.69. The maximum atomic E-state index is 12.1. The molecule has 1 N–H and O–H groups in total. The summed E-state index contributed by atoms with van der Waals surface area (Å²) < 4.78 is 5.77. The van der Waals surface area contributed by atoms with Crippen LogP contribution in [0.15, 0.2) is 66.6 Å². The Bertz CT molecular complexity index is 665. The minimum Gasteiger partial charge on any atom is -0.469 e. The van der Waals surface area contributed by atoms with Crippen molar-refractivity contribution in [2.45, 2.75) is 6.10 Å². The normalized spacial score (nSPS) is 19.1. The summed E-state index contributed by atoms with van der Waals surface area (Å²) in [5.74, 6) is 0.395.